The molecule has 4 aromatic rings. The summed E-state index contributed by atoms with van der Waals surface area (Å²) in [6.45, 7) is 0. The molecule has 0 spiro atoms. The molecular formula is C24H17BrO12. The van der Waals surface area contributed by atoms with Gasteiger partial charge in [0.1, 0.15) is 73.5 Å². The van der Waals surface area contributed by atoms with Gasteiger partial charge in [-0.2, -0.15) is 0 Å². The average molecular weight is 577 g/mol. The van der Waals surface area contributed by atoms with Crippen LogP contribution in [-0.4, -0.2) is 61.3 Å². The lowest BCUT2D eigenvalue weighted by molar-refractivity contribution is 0.413. The monoisotopic (exact) mass is 576 g/mol. The summed E-state index contributed by atoms with van der Waals surface area (Å²) in [6, 6.07) is 3.75. The van der Waals surface area contributed by atoms with Crippen LogP contribution in [0, 0.1) is 0 Å². The van der Waals surface area contributed by atoms with Crippen LogP contribution in [0.1, 0.15) is 0 Å². The molecule has 0 atom stereocenters. The van der Waals surface area contributed by atoms with Crippen LogP contribution in [0.4, 0.5) is 0 Å². The summed E-state index contributed by atoms with van der Waals surface area (Å²) >= 11 is 2.89. The van der Waals surface area contributed by atoms with Crippen LogP contribution in [0.25, 0.3) is 33.4 Å². The van der Waals surface area contributed by atoms with E-state index in [2.05, 4.69) is 15.9 Å². The molecule has 0 fully saturated rings. The van der Waals surface area contributed by atoms with Crippen molar-refractivity contribution in [1.29, 1.82) is 0 Å². The maximum atomic E-state index is 11.1. The van der Waals surface area contributed by atoms with Crippen molar-refractivity contribution in [2.75, 3.05) is 0 Å². The van der Waals surface area contributed by atoms with E-state index in [0.717, 1.165) is 24.3 Å². The molecule has 0 bridgehead atoms. The Morgan fingerprint density at radius 1 is 0.324 bits per heavy atom. The van der Waals surface area contributed by atoms with Gasteiger partial charge in [-0.25, -0.2) is 0 Å². The standard InChI is InChI=1S/C24H17BrO12/c25-20-23(36)18(15-10(30)3-7(27)4-11(15)31)22(35)19(24(20)37)17-13(33)5-12(32)16(21(17)34)14-8(28)1-6(26)2-9(14)29/h1-5,26-37H. The van der Waals surface area contributed by atoms with E-state index in [-0.39, 0.29) is 0 Å². The zero-order valence-electron chi connectivity index (χ0n) is 18.1. The van der Waals surface area contributed by atoms with Gasteiger partial charge < -0.3 is 61.3 Å². The van der Waals surface area contributed by atoms with Crippen molar-refractivity contribution in [2.45, 2.75) is 0 Å². The van der Waals surface area contributed by atoms with Gasteiger partial charge in [-0.1, -0.05) is 0 Å². The Kier molecular flexibility index (Phi) is 5.80. The van der Waals surface area contributed by atoms with E-state index in [1.54, 1.807) is 0 Å². The van der Waals surface area contributed by atoms with Crippen molar-refractivity contribution < 1.29 is 61.3 Å². The van der Waals surface area contributed by atoms with Crippen LogP contribution in [0.2, 0.25) is 0 Å². The predicted molar refractivity (Wildman–Crippen MR) is 130 cm³/mol. The van der Waals surface area contributed by atoms with Crippen molar-refractivity contribution in [1.82, 2.24) is 0 Å². The molecule has 0 radical (unpaired) electrons. The van der Waals surface area contributed by atoms with Crippen molar-refractivity contribution in [3.8, 4) is 102 Å². The van der Waals surface area contributed by atoms with E-state index in [0.29, 0.717) is 6.07 Å². The summed E-state index contributed by atoms with van der Waals surface area (Å²) < 4.78 is -0.536. The molecule has 13 heteroatoms. The van der Waals surface area contributed by atoms with E-state index >= 15 is 0 Å². The van der Waals surface area contributed by atoms with Gasteiger partial charge in [0.25, 0.3) is 0 Å². The topological polar surface area (TPSA) is 243 Å². The second-order valence-electron chi connectivity index (χ2n) is 7.84. The average Bonchev–Trinajstić information content (AvgIpc) is 2.77. The minimum atomic E-state index is -1.10. The summed E-state index contributed by atoms with van der Waals surface area (Å²) in [5, 5.41) is 125. The summed E-state index contributed by atoms with van der Waals surface area (Å²) in [5.74, 6) is -10.2. The largest absolute Gasteiger partial charge is 0.508 e. The summed E-state index contributed by atoms with van der Waals surface area (Å²) in [4.78, 5) is 0. The Morgan fingerprint density at radius 3 is 1.00 bits per heavy atom. The van der Waals surface area contributed by atoms with Crippen LogP contribution >= 0.6 is 15.9 Å². The smallest absolute Gasteiger partial charge is 0.145 e. The molecular weight excluding hydrogens is 560 g/mol. The summed E-state index contributed by atoms with van der Waals surface area (Å²) in [5.41, 5.74) is -4.18. The SMILES string of the molecule is Oc1cc(O)c(-c2c(O)cc(O)c(-c3c(O)c(Br)c(O)c(-c4c(O)cc(O)cc4O)c3O)c2O)c(O)c1. The number of hydrogen-bond donors (Lipinski definition) is 12. The number of aromatic hydroxyl groups is 12. The lowest BCUT2D eigenvalue weighted by Gasteiger charge is -2.20. The molecule has 0 aliphatic carbocycles. The second kappa shape index (κ2) is 8.57. The molecule has 0 aliphatic heterocycles. The number of phenols is 12. The number of halogens is 1. The molecule has 0 aromatic heterocycles. The molecule has 0 amide bonds. The molecule has 12 N–H and O–H groups in total. The lowest BCUT2D eigenvalue weighted by Crippen LogP contribution is -1.93. The zero-order chi connectivity index (χ0) is 27.5. The highest BCUT2D eigenvalue weighted by molar-refractivity contribution is 9.10. The second-order valence-corrected chi connectivity index (χ2v) is 8.63. The number of hydrogen-bond acceptors (Lipinski definition) is 12. The van der Waals surface area contributed by atoms with E-state index in [1.807, 2.05) is 0 Å². The first-order chi connectivity index (χ1) is 17.3. The van der Waals surface area contributed by atoms with Crippen molar-refractivity contribution >= 4 is 15.9 Å². The third-order valence-electron chi connectivity index (χ3n) is 5.54. The number of phenolic OH excluding ortho intramolecular Hbond substituents is 12. The Hall–Kier alpha value is -5.04. The van der Waals surface area contributed by atoms with Gasteiger partial charge in [-0.3, -0.25) is 0 Å². The van der Waals surface area contributed by atoms with Crippen LogP contribution in [0.3, 0.4) is 0 Å². The number of rotatable bonds is 3. The quantitative estimate of drug-likeness (QED) is 0.166. The molecule has 0 unspecified atom stereocenters. The highest BCUT2D eigenvalue weighted by atomic mass is 79.9. The molecule has 0 heterocycles. The van der Waals surface area contributed by atoms with E-state index < -0.39 is 107 Å². The third-order valence-corrected chi connectivity index (χ3v) is 6.29. The first-order valence-electron chi connectivity index (χ1n) is 10.0. The van der Waals surface area contributed by atoms with Crippen molar-refractivity contribution in [3.63, 3.8) is 0 Å². The van der Waals surface area contributed by atoms with Gasteiger partial charge in [0.05, 0.1) is 33.4 Å². The molecule has 12 nitrogen and oxygen atoms in total. The van der Waals surface area contributed by atoms with Crippen LogP contribution in [-0.2, 0) is 0 Å². The first-order valence-corrected chi connectivity index (χ1v) is 10.8. The van der Waals surface area contributed by atoms with Gasteiger partial charge in [0.2, 0.25) is 0 Å². The summed E-state index contributed by atoms with van der Waals surface area (Å²) in [6.07, 6.45) is 0. The fraction of sp³-hybridized carbons (Fsp3) is 0. The third kappa shape index (κ3) is 3.77. The maximum absolute atomic E-state index is 11.1. The lowest BCUT2D eigenvalue weighted by atomic mass is 9.90. The van der Waals surface area contributed by atoms with Crippen LogP contribution in [0.5, 0.6) is 69.0 Å². The fourth-order valence-electron chi connectivity index (χ4n) is 4.00. The minimum absolute atomic E-state index is 0.536. The molecule has 4 aromatic carbocycles. The maximum Gasteiger partial charge on any atom is 0.145 e. The highest BCUT2D eigenvalue weighted by Crippen LogP contribution is 2.61. The predicted octanol–water partition coefficient (Wildman–Crippen LogP) is 3.92. The Bertz CT molecular complexity index is 1570. The van der Waals surface area contributed by atoms with Gasteiger partial charge in [-0.15, -0.1) is 0 Å². The van der Waals surface area contributed by atoms with E-state index in [1.165, 1.54) is 0 Å². The van der Waals surface area contributed by atoms with Crippen LogP contribution in [0.15, 0.2) is 34.8 Å². The Labute approximate surface area is 214 Å². The van der Waals surface area contributed by atoms with E-state index in [4.69, 9.17) is 0 Å². The molecule has 4 rings (SSSR count). The van der Waals surface area contributed by atoms with Crippen molar-refractivity contribution in [2.24, 2.45) is 0 Å². The Morgan fingerprint density at radius 2 is 0.595 bits per heavy atom. The van der Waals surface area contributed by atoms with Gasteiger partial charge in [0.15, 0.2) is 0 Å². The minimum Gasteiger partial charge on any atom is -0.508 e. The van der Waals surface area contributed by atoms with Crippen molar-refractivity contribution in [3.05, 3.63) is 34.8 Å². The molecule has 37 heavy (non-hydrogen) atoms. The summed E-state index contributed by atoms with van der Waals surface area (Å²) in [7, 11) is 0. The van der Waals surface area contributed by atoms with E-state index in [9.17, 15) is 61.3 Å². The fourth-order valence-corrected chi connectivity index (χ4v) is 4.39. The van der Waals surface area contributed by atoms with Gasteiger partial charge >= 0.3 is 0 Å². The number of benzene rings is 4. The molecule has 192 valence electrons. The van der Waals surface area contributed by atoms with Gasteiger partial charge in [-0.05, 0) is 15.9 Å². The normalized spacial score (nSPS) is 11.1. The molecule has 0 saturated heterocycles. The zero-order valence-corrected chi connectivity index (χ0v) is 19.7. The Balaban J connectivity index is 2.15. The molecule has 0 saturated carbocycles. The van der Waals surface area contributed by atoms with Crippen LogP contribution < -0.4 is 0 Å². The first kappa shape index (κ1) is 25.1. The molecule has 0 aliphatic rings. The van der Waals surface area contributed by atoms with Gasteiger partial charge in [0, 0.05) is 30.3 Å². The highest BCUT2D eigenvalue weighted by Gasteiger charge is 2.33.